The number of aliphatic imine (C=N–C) groups is 1. The van der Waals surface area contributed by atoms with E-state index in [0.29, 0.717) is 18.3 Å². The minimum Gasteiger partial charge on any atom is -0.466 e. The second kappa shape index (κ2) is 8.38. The Morgan fingerprint density at radius 2 is 2.43 bits per heavy atom. The number of esters is 1. The van der Waals surface area contributed by atoms with Crippen molar-refractivity contribution in [2.24, 2.45) is 4.99 Å². The summed E-state index contributed by atoms with van der Waals surface area (Å²) in [5.41, 5.74) is 0. The smallest absolute Gasteiger partial charge is 0.307 e. The zero-order valence-electron chi connectivity index (χ0n) is 8.24. The standard InChI is InChI=1S/C8H13N3O2S/c1-3-13-7(12)4-5-10-8(14-2)11-6-9/h3-5H2,1-2H3,(H,10,11). The molecule has 1 N–H and O–H groups in total. The second-order valence-corrected chi connectivity index (χ2v) is 2.98. The van der Waals surface area contributed by atoms with Crippen LogP contribution in [0.1, 0.15) is 13.3 Å². The lowest BCUT2D eigenvalue weighted by atomic mass is 10.4. The Morgan fingerprint density at radius 3 is 2.93 bits per heavy atom. The van der Waals surface area contributed by atoms with Crippen molar-refractivity contribution in [2.45, 2.75) is 13.3 Å². The molecule has 0 unspecified atom stereocenters. The number of carbonyl (C=O) groups excluding carboxylic acids is 1. The van der Waals surface area contributed by atoms with Crippen LogP contribution < -0.4 is 5.32 Å². The summed E-state index contributed by atoms with van der Waals surface area (Å²) in [5, 5.41) is 11.2. The summed E-state index contributed by atoms with van der Waals surface area (Å²) in [5.74, 6) is -0.270. The summed E-state index contributed by atoms with van der Waals surface area (Å²) in [4.78, 5) is 14.9. The molecule has 0 aromatic carbocycles. The van der Waals surface area contributed by atoms with Gasteiger partial charge in [-0.05, 0) is 13.2 Å². The van der Waals surface area contributed by atoms with Crippen molar-refractivity contribution in [3.8, 4) is 6.19 Å². The van der Waals surface area contributed by atoms with Crippen LogP contribution in [0.25, 0.3) is 0 Å². The molecule has 0 saturated carbocycles. The summed E-state index contributed by atoms with van der Waals surface area (Å²) >= 11 is 1.32. The third kappa shape index (κ3) is 6.31. The van der Waals surface area contributed by atoms with E-state index in [4.69, 9.17) is 10.00 Å². The summed E-state index contributed by atoms with van der Waals surface area (Å²) < 4.78 is 4.72. The van der Waals surface area contributed by atoms with Gasteiger partial charge in [0.2, 0.25) is 0 Å². The maximum atomic E-state index is 10.9. The van der Waals surface area contributed by atoms with Crippen molar-refractivity contribution in [3.05, 3.63) is 0 Å². The Hall–Kier alpha value is -1.22. The first-order chi connectivity index (χ1) is 6.74. The van der Waals surface area contributed by atoms with Crippen LogP contribution >= 0.6 is 11.8 Å². The van der Waals surface area contributed by atoms with E-state index >= 15 is 0 Å². The topological polar surface area (TPSA) is 74.5 Å². The Kier molecular flexibility index (Phi) is 7.65. The normalized spacial score (nSPS) is 10.5. The molecule has 0 spiro atoms. The average Bonchev–Trinajstić information content (AvgIpc) is 2.17. The number of nitrogens with one attached hydrogen (secondary N) is 1. The van der Waals surface area contributed by atoms with Crippen LogP contribution in [0.3, 0.4) is 0 Å². The number of amidine groups is 1. The number of hydrogen-bond acceptors (Lipinski definition) is 5. The molecule has 0 aromatic rings. The van der Waals surface area contributed by atoms with Gasteiger partial charge in [-0.25, -0.2) is 0 Å². The molecule has 0 rings (SSSR count). The molecule has 0 heterocycles. The van der Waals surface area contributed by atoms with Gasteiger partial charge in [-0.2, -0.15) is 5.26 Å². The Labute approximate surface area is 87.5 Å². The summed E-state index contributed by atoms with van der Waals surface area (Å²) in [6.07, 6.45) is 3.80. The molecule has 0 saturated heterocycles. The molecule has 0 radical (unpaired) electrons. The highest BCUT2D eigenvalue weighted by Crippen LogP contribution is 1.96. The largest absolute Gasteiger partial charge is 0.466 e. The molecule has 0 aliphatic carbocycles. The van der Waals surface area contributed by atoms with E-state index in [1.165, 1.54) is 11.8 Å². The summed E-state index contributed by atoms with van der Waals surface area (Å²) in [6.45, 7) is 2.48. The fourth-order valence-corrected chi connectivity index (χ4v) is 1.05. The van der Waals surface area contributed by atoms with E-state index in [1.54, 1.807) is 19.4 Å². The van der Waals surface area contributed by atoms with E-state index < -0.39 is 0 Å². The highest BCUT2D eigenvalue weighted by molar-refractivity contribution is 8.13. The van der Waals surface area contributed by atoms with Crippen LogP contribution in [-0.4, -0.2) is 30.5 Å². The maximum Gasteiger partial charge on any atom is 0.307 e. The molecule has 0 aliphatic rings. The number of thioether (sulfide) groups is 1. The minimum atomic E-state index is -0.270. The first-order valence-electron chi connectivity index (χ1n) is 4.13. The fourth-order valence-electron chi connectivity index (χ4n) is 0.685. The molecule has 0 bridgehead atoms. The van der Waals surface area contributed by atoms with Crippen LogP contribution in [0.5, 0.6) is 0 Å². The lowest BCUT2D eigenvalue weighted by Gasteiger charge is -2.00. The van der Waals surface area contributed by atoms with Crippen LogP contribution in [0, 0.1) is 11.5 Å². The number of hydrogen-bond donors (Lipinski definition) is 1. The monoisotopic (exact) mass is 215 g/mol. The predicted molar refractivity (Wildman–Crippen MR) is 55.8 cm³/mol. The van der Waals surface area contributed by atoms with Crippen LogP contribution in [0.15, 0.2) is 4.99 Å². The molecule has 0 amide bonds. The molecular weight excluding hydrogens is 202 g/mol. The zero-order valence-corrected chi connectivity index (χ0v) is 9.06. The van der Waals surface area contributed by atoms with Gasteiger partial charge in [-0.15, -0.1) is 0 Å². The summed E-state index contributed by atoms with van der Waals surface area (Å²) in [6, 6.07) is 0. The molecule has 6 heteroatoms. The van der Waals surface area contributed by atoms with Gasteiger partial charge in [-0.1, -0.05) is 11.8 Å². The molecular formula is C8H13N3O2S. The van der Waals surface area contributed by atoms with E-state index in [0.717, 1.165) is 0 Å². The quantitative estimate of drug-likeness (QED) is 0.246. The number of carbonyl (C=O) groups is 1. The van der Waals surface area contributed by atoms with Gasteiger partial charge in [-0.3, -0.25) is 15.1 Å². The third-order valence-electron chi connectivity index (χ3n) is 1.23. The van der Waals surface area contributed by atoms with Crippen LogP contribution in [0.2, 0.25) is 0 Å². The van der Waals surface area contributed by atoms with E-state index in [2.05, 4.69) is 10.3 Å². The minimum absolute atomic E-state index is 0.241. The van der Waals surface area contributed by atoms with Crippen molar-refractivity contribution in [1.29, 1.82) is 5.26 Å². The molecule has 0 aliphatic heterocycles. The van der Waals surface area contributed by atoms with E-state index in [9.17, 15) is 4.79 Å². The van der Waals surface area contributed by atoms with Crippen LogP contribution in [-0.2, 0) is 9.53 Å². The maximum absolute atomic E-state index is 10.9. The fraction of sp³-hybridized carbons (Fsp3) is 0.625. The van der Waals surface area contributed by atoms with Crippen molar-refractivity contribution in [1.82, 2.24) is 5.32 Å². The van der Waals surface area contributed by atoms with Crippen molar-refractivity contribution in [3.63, 3.8) is 0 Å². The molecule has 0 fully saturated rings. The number of nitriles is 1. The average molecular weight is 215 g/mol. The Balaban J connectivity index is 3.78. The molecule has 0 atom stereocenters. The lowest BCUT2D eigenvalue weighted by Crippen LogP contribution is -2.14. The number of nitrogens with zero attached hydrogens (tertiary/aromatic N) is 2. The predicted octanol–water partition coefficient (Wildman–Crippen LogP) is 0.729. The van der Waals surface area contributed by atoms with Crippen molar-refractivity contribution < 1.29 is 9.53 Å². The zero-order chi connectivity index (χ0) is 10.8. The highest BCUT2D eigenvalue weighted by Gasteiger charge is 2.00. The van der Waals surface area contributed by atoms with E-state index in [-0.39, 0.29) is 12.4 Å². The van der Waals surface area contributed by atoms with Crippen LogP contribution in [0.4, 0.5) is 0 Å². The number of rotatable bonds is 4. The first kappa shape index (κ1) is 12.8. The molecule has 14 heavy (non-hydrogen) atoms. The van der Waals surface area contributed by atoms with Crippen molar-refractivity contribution >= 4 is 22.9 Å². The number of ether oxygens (including phenoxy) is 1. The summed E-state index contributed by atoms with van der Waals surface area (Å²) in [7, 11) is 0. The SMILES string of the molecule is CCOC(=O)CCN=C(NC#N)SC. The lowest BCUT2D eigenvalue weighted by molar-refractivity contribution is -0.142. The van der Waals surface area contributed by atoms with Gasteiger partial charge in [0.25, 0.3) is 0 Å². The van der Waals surface area contributed by atoms with E-state index in [1.807, 2.05) is 0 Å². The highest BCUT2D eigenvalue weighted by atomic mass is 32.2. The third-order valence-corrected chi connectivity index (χ3v) is 1.85. The van der Waals surface area contributed by atoms with Gasteiger partial charge in [0.1, 0.15) is 0 Å². The van der Waals surface area contributed by atoms with Gasteiger partial charge < -0.3 is 4.74 Å². The van der Waals surface area contributed by atoms with Gasteiger partial charge in [0.05, 0.1) is 19.6 Å². The molecule has 0 aromatic heterocycles. The Bertz CT molecular complexity index is 247. The van der Waals surface area contributed by atoms with Gasteiger partial charge >= 0.3 is 5.97 Å². The van der Waals surface area contributed by atoms with Gasteiger partial charge in [0.15, 0.2) is 11.4 Å². The van der Waals surface area contributed by atoms with Gasteiger partial charge in [0, 0.05) is 0 Å². The Morgan fingerprint density at radius 1 is 1.71 bits per heavy atom. The second-order valence-electron chi connectivity index (χ2n) is 2.18. The molecule has 78 valence electrons. The molecule has 5 nitrogen and oxygen atoms in total. The first-order valence-corrected chi connectivity index (χ1v) is 5.36. The van der Waals surface area contributed by atoms with Crippen molar-refractivity contribution in [2.75, 3.05) is 19.4 Å².